The molecule has 0 bridgehead atoms. The number of hydrogen-bond acceptors (Lipinski definition) is 6. The molecule has 0 heterocycles. The molecule has 7 N–H and O–H groups in total. The highest BCUT2D eigenvalue weighted by atomic mass is 35.5. The molecular formula is C25H31ClNO8P. The zero-order valence-electron chi connectivity index (χ0n) is 19.7. The van der Waals surface area contributed by atoms with E-state index in [1.165, 1.54) is 11.6 Å². The first-order valence-corrected chi connectivity index (χ1v) is 12.8. The van der Waals surface area contributed by atoms with E-state index in [1.54, 1.807) is 42.5 Å². The molecule has 0 aliphatic carbocycles. The Morgan fingerprint density at radius 3 is 1.92 bits per heavy atom. The molecule has 11 heteroatoms. The number of aromatic hydroxyl groups is 3. The van der Waals surface area contributed by atoms with Gasteiger partial charge in [-0.15, -0.1) is 0 Å². The van der Waals surface area contributed by atoms with E-state index in [-0.39, 0.29) is 11.5 Å². The minimum absolute atomic E-state index is 0.0714. The Balaban J connectivity index is 0.000000379. The number of phenols is 3. The van der Waals surface area contributed by atoms with Crippen LogP contribution in [0.3, 0.4) is 0 Å². The molecule has 9 nitrogen and oxygen atoms in total. The maximum absolute atomic E-state index is 10.4. The smallest absolute Gasteiger partial charge is 0.466 e. The zero-order chi connectivity index (χ0) is 27.1. The minimum atomic E-state index is -4.64. The van der Waals surface area contributed by atoms with Crippen molar-refractivity contribution in [2.45, 2.75) is 32.2 Å². The van der Waals surface area contributed by atoms with Gasteiger partial charge in [-0.3, -0.25) is 4.79 Å². The Hall–Kier alpha value is -2.91. The quantitative estimate of drug-likeness (QED) is 0.127. The summed E-state index contributed by atoms with van der Waals surface area (Å²) in [6, 6.07) is 21.4. The van der Waals surface area contributed by atoms with Gasteiger partial charge >= 0.3 is 7.82 Å². The average molecular weight is 540 g/mol. The Morgan fingerprint density at radius 2 is 1.42 bits per heavy atom. The van der Waals surface area contributed by atoms with Crippen molar-refractivity contribution >= 4 is 24.7 Å². The molecule has 3 rings (SSSR count). The Bertz CT molecular complexity index is 1100. The fourth-order valence-corrected chi connectivity index (χ4v) is 3.03. The van der Waals surface area contributed by atoms with Crippen molar-refractivity contribution in [1.29, 1.82) is 0 Å². The van der Waals surface area contributed by atoms with Crippen LogP contribution in [0.4, 0.5) is 0 Å². The predicted molar refractivity (Wildman–Crippen MR) is 138 cm³/mol. The van der Waals surface area contributed by atoms with Gasteiger partial charge in [0.2, 0.25) is 0 Å². The first kappa shape index (κ1) is 31.1. The van der Waals surface area contributed by atoms with Crippen molar-refractivity contribution in [1.82, 2.24) is 5.32 Å². The third-order valence-electron chi connectivity index (χ3n) is 4.75. The molecule has 196 valence electrons. The maximum atomic E-state index is 10.4. The Morgan fingerprint density at radius 1 is 0.861 bits per heavy atom. The highest BCUT2D eigenvalue weighted by Gasteiger charge is 2.04. The van der Waals surface area contributed by atoms with Gasteiger partial charge in [-0.05, 0) is 79.7 Å². The lowest BCUT2D eigenvalue weighted by Gasteiger charge is -2.14. The summed E-state index contributed by atoms with van der Waals surface area (Å²) < 4.78 is 8.88. The molecule has 0 aromatic heterocycles. The maximum Gasteiger partial charge on any atom is 0.466 e. The van der Waals surface area contributed by atoms with Gasteiger partial charge in [-0.1, -0.05) is 48.5 Å². The van der Waals surface area contributed by atoms with Crippen molar-refractivity contribution in [3.63, 3.8) is 0 Å². The molecule has 1 atom stereocenters. The van der Waals surface area contributed by atoms with Gasteiger partial charge in [0.25, 0.3) is 5.24 Å². The van der Waals surface area contributed by atoms with Crippen LogP contribution < -0.4 is 5.32 Å². The van der Waals surface area contributed by atoms with Gasteiger partial charge in [-0.25, -0.2) is 4.57 Å². The number of carbonyl (C=O) groups is 1. The number of rotatable bonds is 8. The van der Waals surface area contributed by atoms with Crippen molar-refractivity contribution < 1.29 is 39.4 Å². The van der Waals surface area contributed by atoms with E-state index in [2.05, 4.69) is 12.2 Å². The van der Waals surface area contributed by atoms with Gasteiger partial charge in [-0.2, -0.15) is 0 Å². The van der Waals surface area contributed by atoms with Crippen molar-refractivity contribution in [3.8, 4) is 17.2 Å². The fraction of sp³-hybridized carbons (Fsp3) is 0.240. The molecule has 1 unspecified atom stereocenters. The molecular weight excluding hydrogens is 509 g/mol. The first-order chi connectivity index (χ1) is 16.8. The van der Waals surface area contributed by atoms with Crippen LogP contribution in [0.1, 0.15) is 34.8 Å². The van der Waals surface area contributed by atoms with Crippen molar-refractivity contribution in [3.05, 3.63) is 89.5 Å². The molecule has 3 aromatic carbocycles. The van der Waals surface area contributed by atoms with E-state index in [0.29, 0.717) is 17.4 Å². The summed E-state index contributed by atoms with van der Waals surface area (Å²) in [5.41, 5.74) is 2.75. The monoisotopic (exact) mass is 539 g/mol. The SMILES string of the molecule is CC(CCc1ccc(O)cc1)NCCc1ccc(O)c(O)c1.O=C(Cl)c1ccccc1.O=P(O)(O)O. The average Bonchev–Trinajstić information content (AvgIpc) is 2.81. The summed E-state index contributed by atoms with van der Waals surface area (Å²) in [6.45, 7) is 2.97. The zero-order valence-corrected chi connectivity index (χ0v) is 21.3. The Kier molecular flexibility index (Phi) is 13.8. The van der Waals surface area contributed by atoms with E-state index >= 15 is 0 Å². The largest absolute Gasteiger partial charge is 0.508 e. The van der Waals surface area contributed by atoms with Crippen LogP contribution in [0.2, 0.25) is 0 Å². The van der Waals surface area contributed by atoms with Crippen molar-refractivity contribution in [2.75, 3.05) is 6.54 Å². The van der Waals surface area contributed by atoms with E-state index in [9.17, 15) is 20.1 Å². The molecule has 0 saturated carbocycles. The summed E-state index contributed by atoms with van der Waals surface area (Å²) in [5, 5.41) is 31.0. The van der Waals surface area contributed by atoms with E-state index in [0.717, 1.165) is 31.4 Å². The van der Waals surface area contributed by atoms with Crippen LogP contribution in [0.5, 0.6) is 17.2 Å². The molecule has 3 aromatic rings. The standard InChI is InChI=1S/C18H23NO3.C7H5ClO.H3O4P/c1-13(2-3-14-4-7-16(20)8-5-14)19-11-10-15-6-9-17(21)18(22)12-15;8-7(9)6-4-2-1-3-5-6;1-5(2,3)4/h4-9,12-13,19-22H,2-3,10-11H2,1H3;1-5H;(H3,1,2,3,4). The molecule has 0 fully saturated rings. The molecule has 36 heavy (non-hydrogen) atoms. The number of halogens is 1. The van der Waals surface area contributed by atoms with Gasteiger partial charge < -0.3 is 35.3 Å². The van der Waals surface area contributed by atoms with E-state index in [1.807, 2.05) is 24.3 Å². The highest BCUT2D eigenvalue weighted by Crippen LogP contribution is 2.26. The van der Waals surface area contributed by atoms with Crippen LogP contribution in [-0.4, -0.2) is 47.8 Å². The van der Waals surface area contributed by atoms with Crippen LogP contribution in [-0.2, 0) is 17.4 Å². The summed E-state index contributed by atoms with van der Waals surface area (Å²) in [5.74, 6) is 0.143. The lowest BCUT2D eigenvalue weighted by Crippen LogP contribution is -2.28. The summed E-state index contributed by atoms with van der Waals surface area (Å²) >= 11 is 5.16. The van der Waals surface area contributed by atoms with E-state index in [4.69, 9.17) is 30.8 Å². The lowest BCUT2D eigenvalue weighted by atomic mass is 10.1. The van der Waals surface area contributed by atoms with Gasteiger partial charge in [0.05, 0.1) is 0 Å². The normalized spacial score (nSPS) is 11.4. The number of phenolic OH excluding ortho intramolecular Hbond substituents is 3. The van der Waals surface area contributed by atoms with Crippen LogP contribution in [0, 0.1) is 0 Å². The summed E-state index contributed by atoms with van der Waals surface area (Å²) in [7, 11) is -4.64. The molecule has 0 radical (unpaired) electrons. The molecule has 0 saturated heterocycles. The molecule has 0 amide bonds. The van der Waals surface area contributed by atoms with Crippen molar-refractivity contribution in [2.24, 2.45) is 0 Å². The van der Waals surface area contributed by atoms with Gasteiger partial charge in [0, 0.05) is 11.6 Å². The molecule has 0 aliphatic heterocycles. The van der Waals surface area contributed by atoms with Gasteiger partial charge in [0.1, 0.15) is 5.75 Å². The number of aryl methyl sites for hydroxylation is 1. The third kappa shape index (κ3) is 15.2. The first-order valence-electron chi connectivity index (χ1n) is 10.9. The second kappa shape index (κ2) is 16.0. The fourth-order valence-electron chi connectivity index (χ4n) is 2.90. The second-order valence-corrected chi connectivity index (χ2v) is 9.16. The summed E-state index contributed by atoms with van der Waals surface area (Å²) in [6.07, 6.45) is 2.79. The molecule has 0 aliphatic rings. The van der Waals surface area contributed by atoms with Crippen LogP contribution in [0.25, 0.3) is 0 Å². The third-order valence-corrected chi connectivity index (χ3v) is 4.97. The number of carbonyl (C=O) groups excluding carboxylic acids is 1. The topological polar surface area (TPSA) is 168 Å². The van der Waals surface area contributed by atoms with Crippen LogP contribution in [0.15, 0.2) is 72.8 Å². The number of phosphoric acid groups is 1. The molecule has 0 spiro atoms. The number of hydrogen-bond donors (Lipinski definition) is 7. The van der Waals surface area contributed by atoms with Crippen LogP contribution >= 0.6 is 19.4 Å². The predicted octanol–water partition coefficient (Wildman–Crippen LogP) is 4.09. The van der Waals surface area contributed by atoms with Gasteiger partial charge in [0.15, 0.2) is 11.5 Å². The highest BCUT2D eigenvalue weighted by molar-refractivity contribution is 7.45. The number of benzene rings is 3. The number of nitrogens with one attached hydrogen (secondary N) is 1. The second-order valence-electron chi connectivity index (χ2n) is 7.79. The van der Waals surface area contributed by atoms with E-state index < -0.39 is 13.1 Å². The summed E-state index contributed by atoms with van der Waals surface area (Å²) in [4.78, 5) is 32.0. The lowest BCUT2D eigenvalue weighted by molar-refractivity contribution is 0.108. The Labute approximate surface area is 214 Å². The minimum Gasteiger partial charge on any atom is -0.508 e.